The van der Waals surface area contributed by atoms with E-state index < -0.39 is 0 Å². The van der Waals surface area contributed by atoms with Crippen molar-refractivity contribution in [3.05, 3.63) is 34.9 Å². The number of nitrogens with zero attached hydrogens (tertiary/aromatic N) is 1. The van der Waals surface area contributed by atoms with Crippen molar-refractivity contribution in [2.24, 2.45) is 0 Å². The van der Waals surface area contributed by atoms with Crippen LogP contribution in [0.1, 0.15) is 24.8 Å². The summed E-state index contributed by atoms with van der Waals surface area (Å²) in [6.07, 6.45) is 4.73. The highest BCUT2D eigenvalue weighted by atomic mass is 35.5. The number of piperidine rings is 1. The lowest BCUT2D eigenvalue weighted by Crippen LogP contribution is -2.37. The molecule has 0 radical (unpaired) electrons. The molecule has 0 spiro atoms. The van der Waals surface area contributed by atoms with Crippen LogP contribution in [0.5, 0.6) is 0 Å². The van der Waals surface area contributed by atoms with Gasteiger partial charge in [0.05, 0.1) is 5.50 Å². The number of hydrogen-bond acceptors (Lipinski definition) is 1. The first-order valence-corrected chi connectivity index (χ1v) is 6.70. The van der Waals surface area contributed by atoms with E-state index in [0.717, 1.165) is 31.0 Å². The van der Waals surface area contributed by atoms with E-state index in [0.29, 0.717) is 0 Å². The van der Waals surface area contributed by atoms with Gasteiger partial charge in [0.25, 0.3) is 0 Å². The van der Waals surface area contributed by atoms with Crippen LogP contribution in [0.3, 0.4) is 0 Å². The van der Waals surface area contributed by atoms with E-state index in [1.807, 2.05) is 12.1 Å². The molecule has 0 amide bonds. The third-order valence-electron chi connectivity index (χ3n) is 3.13. The molecule has 3 heteroatoms. The Hall–Kier alpha value is -0.240. The van der Waals surface area contributed by atoms with Crippen LogP contribution in [-0.2, 0) is 6.42 Å². The predicted molar refractivity (Wildman–Crippen MR) is 70.2 cm³/mol. The van der Waals surface area contributed by atoms with Gasteiger partial charge >= 0.3 is 0 Å². The molecule has 1 fully saturated rings. The van der Waals surface area contributed by atoms with Gasteiger partial charge in [-0.2, -0.15) is 0 Å². The molecule has 88 valence electrons. The Morgan fingerprint density at radius 3 is 2.62 bits per heavy atom. The average Bonchev–Trinajstić information content (AvgIpc) is 2.30. The van der Waals surface area contributed by atoms with Gasteiger partial charge in [0.1, 0.15) is 0 Å². The second kappa shape index (κ2) is 5.90. The van der Waals surface area contributed by atoms with Crippen LogP contribution in [0.4, 0.5) is 0 Å². The van der Waals surface area contributed by atoms with E-state index in [1.54, 1.807) is 0 Å². The summed E-state index contributed by atoms with van der Waals surface area (Å²) in [7, 11) is 0. The van der Waals surface area contributed by atoms with E-state index in [-0.39, 0.29) is 5.50 Å². The average molecular weight is 258 g/mol. The highest BCUT2D eigenvalue weighted by molar-refractivity contribution is 6.30. The molecule has 1 aliphatic heterocycles. The maximum absolute atomic E-state index is 6.28. The first-order valence-electron chi connectivity index (χ1n) is 5.88. The van der Waals surface area contributed by atoms with E-state index in [4.69, 9.17) is 23.2 Å². The quantitative estimate of drug-likeness (QED) is 0.586. The molecular formula is C13H17Cl2N. The van der Waals surface area contributed by atoms with Crippen LogP contribution < -0.4 is 0 Å². The van der Waals surface area contributed by atoms with Gasteiger partial charge < -0.3 is 0 Å². The Bertz CT molecular complexity index is 323. The van der Waals surface area contributed by atoms with Gasteiger partial charge in [-0.25, -0.2) is 0 Å². The lowest BCUT2D eigenvalue weighted by molar-refractivity contribution is 0.204. The van der Waals surface area contributed by atoms with Crippen molar-refractivity contribution in [2.45, 2.75) is 31.2 Å². The molecule has 0 aliphatic carbocycles. The SMILES string of the molecule is Clc1ccc(CCN2CCCC[C@H]2Cl)cc1. The molecule has 0 unspecified atom stereocenters. The molecule has 2 rings (SSSR count). The maximum atomic E-state index is 6.28. The minimum Gasteiger partial charge on any atom is -0.287 e. The molecule has 1 aliphatic rings. The lowest BCUT2D eigenvalue weighted by Gasteiger charge is -2.31. The summed E-state index contributed by atoms with van der Waals surface area (Å²) < 4.78 is 0. The van der Waals surface area contributed by atoms with Gasteiger partial charge in [0.2, 0.25) is 0 Å². The first-order chi connectivity index (χ1) is 7.75. The first kappa shape index (κ1) is 12.2. The van der Waals surface area contributed by atoms with Crippen molar-refractivity contribution in [1.29, 1.82) is 0 Å². The van der Waals surface area contributed by atoms with Crippen LogP contribution in [0, 0.1) is 0 Å². The second-order valence-electron chi connectivity index (χ2n) is 4.34. The fourth-order valence-corrected chi connectivity index (χ4v) is 2.60. The Morgan fingerprint density at radius 2 is 1.94 bits per heavy atom. The van der Waals surface area contributed by atoms with E-state index in [1.165, 1.54) is 18.4 Å². The lowest BCUT2D eigenvalue weighted by atomic mass is 10.1. The normalized spacial score (nSPS) is 22.2. The maximum Gasteiger partial charge on any atom is 0.0850 e. The van der Waals surface area contributed by atoms with Crippen molar-refractivity contribution in [3.63, 3.8) is 0 Å². The Kier molecular flexibility index (Phi) is 4.51. The zero-order valence-electron chi connectivity index (χ0n) is 9.33. The van der Waals surface area contributed by atoms with Crippen LogP contribution in [0.15, 0.2) is 24.3 Å². The summed E-state index contributed by atoms with van der Waals surface area (Å²) in [5.41, 5.74) is 1.57. The third kappa shape index (κ3) is 3.38. The summed E-state index contributed by atoms with van der Waals surface area (Å²) in [5.74, 6) is 0. The summed E-state index contributed by atoms with van der Waals surface area (Å²) in [6, 6.07) is 8.08. The summed E-state index contributed by atoms with van der Waals surface area (Å²) in [5, 5.41) is 0.803. The zero-order chi connectivity index (χ0) is 11.4. The molecule has 0 saturated carbocycles. The van der Waals surface area contributed by atoms with Crippen molar-refractivity contribution in [3.8, 4) is 0 Å². The minimum atomic E-state index is 0.237. The Morgan fingerprint density at radius 1 is 1.19 bits per heavy atom. The monoisotopic (exact) mass is 257 g/mol. The molecule has 0 aromatic heterocycles. The van der Waals surface area contributed by atoms with Gasteiger partial charge in [-0.05, 0) is 49.9 Å². The standard InChI is InChI=1S/C13H17Cl2N/c14-12-6-4-11(5-7-12)8-10-16-9-2-1-3-13(16)15/h4-7,13H,1-3,8-10H2/t13-/m0/s1. The number of hydrogen-bond donors (Lipinski definition) is 0. The molecule has 1 heterocycles. The van der Waals surface area contributed by atoms with Gasteiger partial charge in [0, 0.05) is 11.6 Å². The zero-order valence-corrected chi connectivity index (χ0v) is 10.8. The van der Waals surface area contributed by atoms with E-state index in [2.05, 4.69) is 17.0 Å². The fourth-order valence-electron chi connectivity index (χ4n) is 2.13. The number of halogens is 2. The second-order valence-corrected chi connectivity index (χ2v) is 5.28. The predicted octanol–water partition coefficient (Wildman–Crippen LogP) is 3.93. The van der Waals surface area contributed by atoms with E-state index >= 15 is 0 Å². The summed E-state index contributed by atoms with van der Waals surface area (Å²) >= 11 is 12.1. The third-order valence-corrected chi connectivity index (χ3v) is 3.88. The van der Waals surface area contributed by atoms with Crippen molar-refractivity contribution in [2.75, 3.05) is 13.1 Å². The summed E-state index contributed by atoms with van der Waals surface area (Å²) in [4.78, 5) is 2.37. The number of likely N-dealkylation sites (tertiary alicyclic amines) is 1. The molecule has 1 aromatic rings. The summed E-state index contributed by atoms with van der Waals surface area (Å²) in [6.45, 7) is 2.19. The highest BCUT2D eigenvalue weighted by Gasteiger charge is 2.19. The molecule has 1 aromatic carbocycles. The largest absolute Gasteiger partial charge is 0.287 e. The molecular weight excluding hydrogens is 241 g/mol. The molecule has 1 saturated heterocycles. The molecule has 16 heavy (non-hydrogen) atoms. The van der Waals surface area contributed by atoms with Crippen LogP contribution in [0.2, 0.25) is 5.02 Å². The molecule has 1 atom stereocenters. The van der Waals surface area contributed by atoms with Crippen LogP contribution in [-0.4, -0.2) is 23.5 Å². The van der Waals surface area contributed by atoms with E-state index in [9.17, 15) is 0 Å². The van der Waals surface area contributed by atoms with Crippen molar-refractivity contribution < 1.29 is 0 Å². The fraction of sp³-hybridized carbons (Fsp3) is 0.538. The smallest absolute Gasteiger partial charge is 0.0850 e. The molecule has 0 bridgehead atoms. The Balaban J connectivity index is 1.84. The van der Waals surface area contributed by atoms with Gasteiger partial charge in [-0.1, -0.05) is 23.7 Å². The van der Waals surface area contributed by atoms with Crippen LogP contribution >= 0.6 is 23.2 Å². The number of rotatable bonds is 3. The number of benzene rings is 1. The van der Waals surface area contributed by atoms with Crippen LogP contribution in [0.25, 0.3) is 0 Å². The molecule has 0 N–H and O–H groups in total. The number of alkyl halides is 1. The molecule has 1 nitrogen and oxygen atoms in total. The van der Waals surface area contributed by atoms with Crippen molar-refractivity contribution >= 4 is 23.2 Å². The van der Waals surface area contributed by atoms with Crippen molar-refractivity contribution in [1.82, 2.24) is 4.90 Å². The van der Waals surface area contributed by atoms with Gasteiger partial charge in [-0.3, -0.25) is 4.90 Å². The highest BCUT2D eigenvalue weighted by Crippen LogP contribution is 2.20. The minimum absolute atomic E-state index is 0.237. The Labute approximate surface area is 107 Å². The van der Waals surface area contributed by atoms with Gasteiger partial charge in [0.15, 0.2) is 0 Å². The van der Waals surface area contributed by atoms with Gasteiger partial charge in [-0.15, -0.1) is 11.6 Å². The topological polar surface area (TPSA) is 3.24 Å².